The normalized spacial score (nSPS) is 18.5. The van der Waals surface area contributed by atoms with Crippen LogP contribution in [-0.4, -0.2) is 23.0 Å². The van der Waals surface area contributed by atoms with E-state index < -0.39 is 0 Å². The molecule has 0 unspecified atom stereocenters. The van der Waals surface area contributed by atoms with Crippen LogP contribution >= 0.6 is 0 Å². The highest BCUT2D eigenvalue weighted by Gasteiger charge is 2.27. The van der Waals surface area contributed by atoms with Gasteiger partial charge in [-0.1, -0.05) is 12.1 Å². The van der Waals surface area contributed by atoms with Crippen molar-refractivity contribution in [3.8, 4) is 17.2 Å². The lowest BCUT2D eigenvalue weighted by molar-refractivity contribution is -0.117. The largest absolute Gasteiger partial charge is 0.490 e. The summed E-state index contributed by atoms with van der Waals surface area (Å²) in [4.78, 5) is 15.5. The monoisotopic (exact) mass is 377 g/mol. The van der Waals surface area contributed by atoms with Gasteiger partial charge in [0.05, 0.1) is 11.9 Å². The number of nitrogens with two attached hydrogens (primary N) is 2. The number of primary amides is 1. The van der Waals surface area contributed by atoms with Crippen LogP contribution in [0.1, 0.15) is 24.0 Å². The van der Waals surface area contributed by atoms with E-state index in [-0.39, 0.29) is 24.5 Å². The van der Waals surface area contributed by atoms with Crippen LogP contribution in [0.4, 0.5) is 0 Å². The molecule has 0 atom stereocenters. The van der Waals surface area contributed by atoms with Crippen molar-refractivity contribution in [1.82, 2.24) is 4.98 Å². The van der Waals surface area contributed by atoms with Gasteiger partial charge < -0.3 is 20.9 Å². The number of pyridine rings is 1. The van der Waals surface area contributed by atoms with Crippen molar-refractivity contribution in [2.75, 3.05) is 0 Å². The third-order valence-corrected chi connectivity index (χ3v) is 4.94. The molecule has 0 aliphatic heterocycles. The standard InChI is InChI=1S/C22H23N3O3/c1-13-8-14(9-22(24)26)2-5-20(13)28-21-6-7-25-19-4-3-16(12-18(19)21)27-17-10-15(23)11-17/h2-8,12,15,17H,9-11,23H2,1H3,(H2,24,26). The molecule has 4 N–H and O–H groups in total. The fourth-order valence-corrected chi connectivity index (χ4v) is 3.41. The lowest BCUT2D eigenvalue weighted by Crippen LogP contribution is -2.43. The molecule has 4 rings (SSSR count). The fraction of sp³-hybridized carbons (Fsp3) is 0.273. The van der Waals surface area contributed by atoms with E-state index in [4.69, 9.17) is 20.9 Å². The molecule has 3 aromatic rings. The summed E-state index contributed by atoms with van der Waals surface area (Å²) in [5, 5.41) is 0.879. The first-order valence-corrected chi connectivity index (χ1v) is 9.34. The predicted molar refractivity (Wildman–Crippen MR) is 108 cm³/mol. The summed E-state index contributed by atoms with van der Waals surface area (Å²) in [5.74, 6) is 1.85. The van der Waals surface area contributed by atoms with Crippen molar-refractivity contribution < 1.29 is 14.3 Å². The van der Waals surface area contributed by atoms with Crippen LogP contribution in [0, 0.1) is 6.92 Å². The van der Waals surface area contributed by atoms with Gasteiger partial charge in [0.1, 0.15) is 23.4 Å². The number of aromatic nitrogens is 1. The fourth-order valence-electron chi connectivity index (χ4n) is 3.41. The molecule has 28 heavy (non-hydrogen) atoms. The molecule has 6 nitrogen and oxygen atoms in total. The first-order chi connectivity index (χ1) is 13.5. The number of benzene rings is 2. The molecule has 0 bridgehead atoms. The average molecular weight is 377 g/mol. The summed E-state index contributed by atoms with van der Waals surface area (Å²) in [6, 6.07) is 13.5. The number of aryl methyl sites for hydroxylation is 1. The molecule has 1 fully saturated rings. The molecule has 1 aliphatic rings. The quantitative estimate of drug-likeness (QED) is 0.687. The molecule has 0 saturated heterocycles. The van der Waals surface area contributed by atoms with Gasteiger partial charge >= 0.3 is 0 Å². The number of nitrogens with zero attached hydrogens (tertiary/aromatic N) is 1. The molecule has 1 amide bonds. The van der Waals surface area contributed by atoms with Gasteiger partial charge in [-0.05, 0) is 61.2 Å². The van der Waals surface area contributed by atoms with E-state index in [9.17, 15) is 4.79 Å². The number of carbonyl (C=O) groups excluding carboxylic acids is 1. The van der Waals surface area contributed by atoms with Crippen LogP contribution in [0.5, 0.6) is 17.2 Å². The summed E-state index contributed by atoms with van der Waals surface area (Å²) < 4.78 is 12.2. The Morgan fingerprint density at radius 1 is 1.14 bits per heavy atom. The van der Waals surface area contributed by atoms with E-state index >= 15 is 0 Å². The average Bonchev–Trinajstić information content (AvgIpc) is 2.62. The number of ether oxygens (including phenoxy) is 2. The zero-order chi connectivity index (χ0) is 19.7. The number of rotatable bonds is 6. The Morgan fingerprint density at radius 3 is 2.68 bits per heavy atom. The smallest absolute Gasteiger partial charge is 0.221 e. The van der Waals surface area contributed by atoms with E-state index in [0.29, 0.717) is 5.75 Å². The molecule has 1 heterocycles. The molecular formula is C22H23N3O3. The Morgan fingerprint density at radius 2 is 1.96 bits per heavy atom. The maximum absolute atomic E-state index is 11.1. The van der Waals surface area contributed by atoms with Crippen molar-refractivity contribution in [2.45, 2.75) is 38.3 Å². The molecule has 6 heteroatoms. The van der Waals surface area contributed by atoms with Gasteiger partial charge in [0.15, 0.2) is 0 Å². The van der Waals surface area contributed by atoms with Crippen LogP contribution in [-0.2, 0) is 11.2 Å². The summed E-state index contributed by atoms with van der Waals surface area (Å²) in [5.41, 5.74) is 13.7. The lowest BCUT2D eigenvalue weighted by Gasteiger charge is -2.32. The molecule has 1 aliphatic carbocycles. The second-order valence-corrected chi connectivity index (χ2v) is 7.30. The van der Waals surface area contributed by atoms with Gasteiger partial charge in [-0.25, -0.2) is 0 Å². The van der Waals surface area contributed by atoms with Crippen LogP contribution in [0.3, 0.4) is 0 Å². The number of fused-ring (bicyclic) bond motifs is 1. The number of amides is 1. The zero-order valence-corrected chi connectivity index (χ0v) is 15.7. The van der Waals surface area contributed by atoms with Gasteiger partial charge in [-0.2, -0.15) is 0 Å². The summed E-state index contributed by atoms with van der Waals surface area (Å²) in [7, 11) is 0. The van der Waals surface area contributed by atoms with Gasteiger partial charge in [0.2, 0.25) is 5.91 Å². The van der Waals surface area contributed by atoms with Crippen molar-refractivity contribution in [1.29, 1.82) is 0 Å². The SMILES string of the molecule is Cc1cc(CC(N)=O)ccc1Oc1ccnc2ccc(OC3CC(N)C3)cc12. The van der Waals surface area contributed by atoms with Crippen molar-refractivity contribution in [2.24, 2.45) is 11.5 Å². The lowest BCUT2D eigenvalue weighted by atomic mass is 9.90. The summed E-state index contributed by atoms with van der Waals surface area (Å²) in [6.45, 7) is 1.94. The number of carbonyl (C=O) groups is 1. The Hall–Kier alpha value is -3.12. The molecule has 1 aromatic heterocycles. The summed E-state index contributed by atoms with van der Waals surface area (Å²) in [6.07, 6.45) is 3.87. The van der Waals surface area contributed by atoms with Crippen LogP contribution < -0.4 is 20.9 Å². The van der Waals surface area contributed by atoms with Crippen LogP contribution in [0.2, 0.25) is 0 Å². The molecule has 2 aromatic carbocycles. The van der Waals surface area contributed by atoms with E-state index in [1.54, 1.807) is 6.20 Å². The third-order valence-electron chi connectivity index (χ3n) is 4.94. The first kappa shape index (κ1) is 18.3. The van der Waals surface area contributed by atoms with Crippen LogP contribution in [0.25, 0.3) is 10.9 Å². The molecular weight excluding hydrogens is 354 g/mol. The van der Waals surface area contributed by atoms with Gasteiger partial charge in [-0.3, -0.25) is 9.78 Å². The number of hydrogen-bond acceptors (Lipinski definition) is 5. The Bertz CT molecular complexity index is 1030. The minimum absolute atomic E-state index is 0.175. The summed E-state index contributed by atoms with van der Waals surface area (Å²) >= 11 is 0. The zero-order valence-electron chi connectivity index (χ0n) is 15.7. The molecule has 0 radical (unpaired) electrons. The van der Waals surface area contributed by atoms with Gasteiger partial charge in [-0.15, -0.1) is 0 Å². The minimum atomic E-state index is -0.354. The highest BCUT2D eigenvalue weighted by molar-refractivity contribution is 5.86. The van der Waals surface area contributed by atoms with Gasteiger partial charge in [0.25, 0.3) is 0 Å². The molecule has 0 spiro atoms. The topological polar surface area (TPSA) is 100 Å². The van der Waals surface area contributed by atoms with E-state index in [2.05, 4.69) is 4.98 Å². The highest BCUT2D eigenvalue weighted by atomic mass is 16.5. The second kappa shape index (κ2) is 7.48. The Balaban J connectivity index is 1.60. The Labute approximate surface area is 163 Å². The van der Waals surface area contributed by atoms with Crippen molar-refractivity contribution >= 4 is 16.8 Å². The highest BCUT2D eigenvalue weighted by Crippen LogP contribution is 2.34. The Kier molecular flexibility index (Phi) is 4.88. The van der Waals surface area contributed by atoms with Crippen molar-refractivity contribution in [3.05, 3.63) is 59.8 Å². The van der Waals surface area contributed by atoms with Crippen LogP contribution in [0.15, 0.2) is 48.7 Å². The third kappa shape index (κ3) is 3.92. The van der Waals surface area contributed by atoms with E-state index in [1.165, 1.54) is 0 Å². The van der Waals surface area contributed by atoms with E-state index in [1.807, 2.05) is 49.4 Å². The molecule has 144 valence electrons. The first-order valence-electron chi connectivity index (χ1n) is 9.34. The maximum atomic E-state index is 11.1. The minimum Gasteiger partial charge on any atom is -0.490 e. The second-order valence-electron chi connectivity index (χ2n) is 7.30. The van der Waals surface area contributed by atoms with Gasteiger partial charge in [0, 0.05) is 17.6 Å². The molecule has 1 saturated carbocycles. The number of hydrogen-bond donors (Lipinski definition) is 2. The predicted octanol–water partition coefficient (Wildman–Crippen LogP) is 3.23. The van der Waals surface area contributed by atoms with Crippen molar-refractivity contribution in [3.63, 3.8) is 0 Å². The maximum Gasteiger partial charge on any atom is 0.221 e. The van der Waals surface area contributed by atoms with E-state index in [0.717, 1.165) is 46.4 Å².